The number of anilines is 2. The van der Waals surface area contributed by atoms with Gasteiger partial charge < -0.3 is 5.32 Å². The van der Waals surface area contributed by atoms with Gasteiger partial charge in [0, 0.05) is 17.0 Å². The van der Waals surface area contributed by atoms with Crippen LogP contribution in [-0.2, 0) is 0 Å². The summed E-state index contributed by atoms with van der Waals surface area (Å²) in [4.78, 5) is 15.0. The molecule has 0 aliphatic heterocycles. The van der Waals surface area contributed by atoms with Crippen LogP contribution in [0.5, 0.6) is 0 Å². The normalized spacial score (nSPS) is 10.3. The maximum absolute atomic E-state index is 11.0. The fourth-order valence-electron chi connectivity index (χ4n) is 1.93. The van der Waals surface area contributed by atoms with Crippen LogP contribution in [0, 0.1) is 10.1 Å². The number of nitrogens with zero attached hydrogens (tertiary/aromatic N) is 2. The molecule has 0 fully saturated rings. The molecule has 1 aromatic heterocycles. The van der Waals surface area contributed by atoms with E-state index in [-0.39, 0.29) is 5.69 Å². The Labute approximate surface area is 125 Å². The highest BCUT2D eigenvalue weighted by Crippen LogP contribution is 2.30. The van der Waals surface area contributed by atoms with Crippen LogP contribution in [0.1, 0.15) is 0 Å². The van der Waals surface area contributed by atoms with Crippen molar-refractivity contribution in [2.75, 3.05) is 5.32 Å². The van der Waals surface area contributed by atoms with Gasteiger partial charge in [-0.3, -0.25) is 10.1 Å². The molecule has 1 N–H and O–H groups in total. The van der Waals surface area contributed by atoms with Crippen LogP contribution >= 0.6 is 11.3 Å². The Morgan fingerprint density at radius 1 is 1.05 bits per heavy atom. The molecule has 2 aromatic carbocycles. The summed E-state index contributed by atoms with van der Waals surface area (Å²) in [5.74, 6) is 0. The van der Waals surface area contributed by atoms with Gasteiger partial charge >= 0.3 is 0 Å². The van der Waals surface area contributed by atoms with E-state index in [9.17, 15) is 10.1 Å². The minimum Gasteiger partial charge on any atom is -0.326 e. The topological polar surface area (TPSA) is 68.1 Å². The van der Waals surface area contributed by atoms with Gasteiger partial charge in [0.2, 0.25) is 0 Å². The minimum absolute atomic E-state index is 0.0361. The molecule has 6 heteroatoms. The summed E-state index contributed by atoms with van der Waals surface area (Å²) in [6.45, 7) is 0. The van der Waals surface area contributed by atoms with E-state index in [4.69, 9.17) is 0 Å². The molecule has 0 bridgehead atoms. The number of aromatic nitrogens is 1. The zero-order valence-electron chi connectivity index (χ0n) is 10.9. The second-order valence-electron chi connectivity index (χ2n) is 4.30. The van der Waals surface area contributed by atoms with Gasteiger partial charge in [-0.05, 0) is 6.07 Å². The molecule has 104 valence electrons. The Morgan fingerprint density at radius 2 is 1.76 bits per heavy atom. The summed E-state index contributed by atoms with van der Waals surface area (Å²) in [5.41, 5.74) is 2.34. The van der Waals surface area contributed by atoms with Gasteiger partial charge in [0.25, 0.3) is 5.69 Å². The van der Waals surface area contributed by atoms with Crippen LogP contribution in [0.25, 0.3) is 11.3 Å². The molecule has 0 aliphatic carbocycles. The van der Waals surface area contributed by atoms with Gasteiger partial charge in [0.05, 0.1) is 10.6 Å². The van der Waals surface area contributed by atoms with Gasteiger partial charge in [-0.15, -0.1) is 11.3 Å². The monoisotopic (exact) mass is 297 g/mol. The Balaban J connectivity index is 1.87. The molecule has 0 aliphatic rings. The van der Waals surface area contributed by atoms with Gasteiger partial charge in [-0.1, -0.05) is 42.5 Å². The molecule has 0 unspecified atom stereocenters. The molecular formula is C15H11N3O2S. The summed E-state index contributed by atoms with van der Waals surface area (Å²) < 4.78 is 0. The first-order valence-corrected chi connectivity index (χ1v) is 7.13. The van der Waals surface area contributed by atoms with Gasteiger partial charge in [0.1, 0.15) is 5.69 Å². The highest BCUT2D eigenvalue weighted by molar-refractivity contribution is 7.14. The zero-order chi connectivity index (χ0) is 14.7. The maximum Gasteiger partial charge on any atom is 0.292 e. The molecule has 0 radical (unpaired) electrons. The predicted octanol–water partition coefficient (Wildman–Crippen LogP) is 4.46. The van der Waals surface area contributed by atoms with Gasteiger partial charge in [-0.2, -0.15) is 0 Å². The first kappa shape index (κ1) is 13.3. The number of hydrogen-bond donors (Lipinski definition) is 1. The van der Waals surface area contributed by atoms with Crippen molar-refractivity contribution in [1.29, 1.82) is 0 Å². The Morgan fingerprint density at radius 3 is 2.52 bits per heavy atom. The first-order chi connectivity index (χ1) is 10.2. The average molecular weight is 297 g/mol. The summed E-state index contributed by atoms with van der Waals surface area (Å²) in [6.07, 6.45) is 0. The number of rotatable bonds is 4. The van der Waals surface area contributed by atoms with Crippen LogP contribution in [0.2, 0.25) is 0 Å². The molecule has 21 heavy (non-hydrogen) atoms. The van der Waals surface area contributed by atoms with Crippen molar-refractivity contribution in [2.24, 2.45) is 0 Å². The van der Waals surface area contributed by atoms with Crippen LogP contribution in [0.15, 0.2) is 60.0 Å². The highest BCUT2D eigenvalue weighted by atomic mass is 32.1. The highest BCUT2D eigenvalue weighted by Gasteiger charge is 2.13. The number of nitrogens with one attached hydrogen (secondary N) is 1. The molecule has 5 nitrogen and oxygen atoms in total. The lowest BCUT2D eigenvalue weighted by atomic mass is 10.2. The van der Waals surface area contributed by atoms with E-state index < -0.39 is 4.92 Å². The van der Waals surface area contributed by atoms with Crippen molar-refractivity contribution in [1.82, 2.24) is 4.98 Å². The Kier molecular flexibility index (Phi) is 3.61. The van der Waals surface area contributed by atoms with Gasteiger partial charge in [0.15, 0.2) is 5.13 Å². The van der Waals surface area contributed by atoms with Crippen LogP contribution in [-0.4, -0.2) is 9.91 Å². The van der Waals surface area contributed by atoms with Crippen LogP contribution in [0.3, 0.4) is 0 Å². The maximum atomic E-state index is 11.0. The molecule has 0 saturated heterocycles. The van der Waals surface area contributed by atoms with E-state index >= 15 is 0 Å². The van der Waals surface area contributed by atoms with E-state index in [1.807, 2.05) is 35.7 Å². The van der Waals surface area contributed by atoms with Crippen molar-refractivity contribution < 1.29 is 4.92 Å². The zero-order valence-corrected chi connectivity index (χ0v) is 11.7. The molecule has 0 atom stereocenters. The number of thiazole rings is 1. The summed E-state index contributed by atoms with van der Waals surface area (Å²) in [5, 5.41) is 16.5. The van der Waals surface area contributed by atoms with Crippen molar-refractivity contribution >= 4 is 27.8 Å². The smallest absolute Gasteiger partial charge is 0.292 e. The molecule has 3 rings (SSSR count). The average Bonchev–Trinajstić information content (AvgIpc) is 2.97. The molecule has 1 heterocycles. The van der Waals surface area contributed by atoms with Gasteiger partial charge in [-0.25, -0.2) is 4.98 Å². The third kappa shape index (κ3) is 2.90. The SMILES string of the molecule is O=[N+]([O-])c1ccccc1Nc1nc(-c2ccccc2)cs1. The second-order valence-corrected chi connectivity index (χ2v) is 5.16. The third-order valence-corrected chi connectivity index (χ3v) is 3.67. The molecule has 0 saturated carbocycles. The third-order valence-electron chi connectivity index (χ3n) is 2.92. The van der Waals surface area contributed by atoms with Crippen molar-refractivity contribution in [2.45, 2.75) is 0 Å². The lowest BCUT2D eigenvalue weighted by Crippen LogP contribution is -1.96. The van der Waals surface area contributed by atoms with E-state index in [1.165, 1.54) is 17.4 Å². The van der Waals surface area contributed by atoms with Crippen molar-refractivity contribution in [3.63, 3.8) is 0 Å². The summed E-state index contributed by atoms with van der Waals surface area (Å²) in [7, 11) is 0. The summed E-state index contributed by atoms with van der Waals surface area (Å²) >= 11 is 1.41. The number of nitro groups is 1. The number of para-hydroxylation sites is 2. The number of hydrogen-bond acceptors (Lipinski definition) is 5. The van der Waals surface area contributed by atoms with E-state index in [0.717, 1.165) is 11.3 Å². The Hall–Kier alpha value is -2.73. The van der Waals surface area contributed by atoms with Crippen molar-refractivity contribution in [3.8, 4) is 11.3 Å². The predicted molar refractivity (Wildman–Crippen MR) is 83.9 cm³/mol. The first-order valence-electron chi connectivity index (χ1n) is 6.25. The largest absolute Gasteiger partial charge is 0.326 e. The quantitative estimate of drug-likeness (QED) is 0.570. The second kappa shape index (κ2) is 5.72. The summed E-state index contributed by atoms with van der Waals surface area (Å²) in [6, 6.07) is 16.3. The Bertz CT molecular complexity index is 771. The lowest BCUT2D eigenvalue weighted by molar-refractivity contribution is -0.383. The van der Waals surface area contributed by atoms with Crippen molar-refractivity contribution in [3.05, 3.63) is 70.1 Å². The lowest BCUT2D eigenvalue weighted by Gasteiger charge is -2.03. The number of benzene rings is 2. The fraction of sp³-hybridized carbons (Fsp3) is 0. The molecule has 0 amide bonds. The molecule has 0 spiro atoms. The minimum atomic E-state index is -0.409. The molecular weight excluding hydrogens is 286 g/mol. The van der Waals surface area contributed by atoms with E-state index in [1.54, 1.807) is 18.2 Å². The molecule has 3 aromatic rings. The fourth-order valence-corrected chi connectivity index (χ4v) is 2.66. The van der Waals surface area contributed by atoms with E-state index in [2.05, 4.69) is 10.3 Å². The standard InChI is InChI=1S/C15H11N3O2S/c19-18(20)14-9-5-4-8-12(14)16-15-17-13(10-21-15)11-6-2-1-3-7-11/h1-10H,(H,16,17). The number of nitro benzene ring substituents is 1. The van der Waals surface area contributed by atoms with Crippen LogP contribution in [0.4, 0.5) is 16.5 Å². The van der Waals surface area contributed by atoms with Crippen LogP contribution < -0.4 is 5.32 Å². The van der Waals surface area contributed by atoms with E-state index in [0.29, 0.717) is 10.8 Å².